The average Bonchev–Trinajstić information content (AvgIpc) is 2.75. The number of hydrogen-bond donors (Lipinski definition) is 2. The number of aliphatic carboxylic acids is 2. The number of benzene rings is 1. The van der Waals surface area contributed by atoms with Crippen LogP contribution in [0, 0.1) is 0 Å². The predicted molar refractivity (Wildman–Crippen MR) is 74.9 cm³/mol. The Hall–Kier alpha value is -2.30. The van der Waals surface area contributed by atoms with Crippen molar-refractivity contribution in [2.24, 2.45) is 0 Å². The van der Waals surface area contributed by atoms with E-state index in [1.54, 1.807) is 6.20 Å². The molecule has 0 amide bonds. The molecule has 0 saturated heterocycles. The van der Waals surface area contributed by atoms with Crippen LogP contribution in [0.4, 0.5) is 0 Å². The first-order chi connectivity index (χ1) is 9.54. The highest BCUT2D eigenvalue weighted by Gasteiger charge is 2.26. The summed E-state index contributed by atoms with van der Waals surface area (Å²) in [5, 5.41) is 19.0. The monoisotopic (exact) mass is 275 g/mol. The van der Waals surface area contributed by atoms with Crippen LogP contribution in [0.2, 0.25) is 0 Å². The van der Waals surface area contributed by atoms with Crippen LogP contribution in [-0.4, -0.2) is 26.7 Å². The number of aromatic nitrogens is 1. The minimum absolute atomic E-state index is 0.407. The summed E-state index contributed by atoms with van der Waals surface area (Å²) in [5.74, 6) is -3.23. The highest BCUT2D eigenvalue weighted by molar-refractivity contribution is 5.91. The van der Waals surface area contributed by atoms with E-state index in [1.807, 2.05) is 35.8 Å². The molecule has 0 aliphatic rings. The molecule has 1 atom stereocenters. The van der Waals surface area contributed by atoms with Gasteiger partial charge in [-0.2, -0.15) is 0 Å². The zero-order valence-electron chi connectivity index (χ0n) is 11.2. The number of fused-ring (bicyclic) bond motifs is 1. The van der Waals surface area contributed by atoms with Gasteiger partial charge < -0.3 is 14.8 Å². The SMILES string of the molecule is CCCn1cc([C@H](CC(=O)O)C(=O)O)c2ccccc21. The summed E-state index contributed by atoms with van der Waals surface area (Å²) < 4.78 is 1.99. The summed E-state index contributed by atoms with van der Waals surface area (Å²) in [7, 11) is 0. The lowest BCUT2D eigenvalue weighted by atomic mass is 9.95. The molecule has 1 aromatic heterocycles. The van der Waals surface area contributed by atoms with E-state index in [0.717, 1.165) is 23.9 Å². The van der Waals surface area contributed by atoms with Gasteiger partial charge in [-0.15, -0.1) is 0 Å². The smallest absolute Gasteiger partial charge is 0.311 e. The maximum Gasteiger partial charge on any atom is 0.311 e. The van der Waals surface area contributed by atoms with Crippen LogP contribution in [0.15, 0.2) is 30.5 Å². The Morgan fingerprint density at radius 1 is 1.25 bits per heavy atom. The van der Waals surface area contributed by atoms with Gasteiger partial charge >= 0.3 is 11.9 Å². The van der Waals surface area contributed by atoms with Crippen molar-refractivity contribution >= 4 is 22.8 Å². The molecule has 0 aliphatic carbocycles. The first-order valence-electron chi connectivity index (χ1n) is 6.57. The number of carboxylic acids is 2. The highest BCUT2D eigenvalue weighted by Crippen LogP contribution is 2.30. The molecule has 5 heteroatoms. The molecular formula is C15H17NO4. The number of hydrogen-bond acceptors (Lipinski definition) is 2. The Kier molecular flexibility index (Phi) is 4.08. The summed E-state index contributed by atoms with van der Waals surface area (Å²) >= 11 is 0. The summed E-state index contributed by atoms with van der Waals surface area (Å²) in [6.07, 6.45) is 2.29. The van der Waals surface area contributed by atoms with Crippen molar-refractivity contribution in [3.05, 3.63) is 36.0 Å². The minimum Gasteiger partial charge on any atom is -0.481 e. The predicted octanol–water partition coefficient (Wildman–Crippen LogP) is 2.69. The normalized spacial score (nSPS) is 12.4. The molecule has 20 heavy (non-hydrogen) atoms. The van der Waals surface area contributed by atoms with Gasteiger partial charge in [0, 0.05) is 23.6 Å². The second-order valence-corrected chi connectivity index (χ2v) is 4.78. The quantitative estimate of drug-likeness (QED) is 0.849. The van der Waals surface area contributed by atoms with E-state index in [2.05, 4.69) is 0 Å². The molecule has 0 saturated carbocycles. The van der Waals surface area contributed by atoms with Gasteiger partial charge in [0.15, 0.2) is 0 Å². The van der Waals surface area contributed by atoms with Crippen LogP contribution in [0.3, 0.4) is 0 Å². The second-order valence-electron chi connectivity index (χ2n) is 4.78. The van der Waals surface area contributed by atoms with Crippen LogP contribution >= 0.6 is 0 Å². The fraction of sp³-hybridized carbons (Fsp3) is 0.333. The molecule has 0 bridgehead atoms. The summed E-state index contributed by atoms with van der Waals surface area (Å²) in [6, 6.07) is 7.50. The number of rotatable bonds is 6. The molecule has 5 nitrogen and oxygen atoms in total. The van der Waals surface area contributed by atoms with Gasteiger partial charge in [-0.05, 0) is 18.1 Å². The lowest BCUT2D eigenvalue weighted by Gasteiger charge is -2.08. The number of carbonyl (C=O) groups is 2. The van der Waals surface area contributed by atoms with Crippen molar-refractivity contribution in [2.75, 3.05) is 0 Å². The molecular weight excluding hydrogens is 258 g/mol. The Balaban J connectivity index is 2.56. The second kappa shape index (κ2) is 5.77. The Labute approximate surface area is 116 Å². The van der Waals surface area contributed by atoms with Crippen molar-refractivity contribution < 1.29 is 19.8 Å². The number of nitrogens with zero attached hydrogens (tertiary/aromatic N) is 1. The third kappa shape index (κ3) is 2.66. The minimum atomic E-state index is -1.11. The molecule has 0 radical (unpaired) electrons. The van der Waals surface area contributed by atoms with Gasteiger partial charge in [-0.1, -0.05) is 25.1 Å². The van der Waals surface area contributed by atoms with Gasteiger partial charge in [0.1, 0.15) is 0 Å². The van der Waals surface area contributed by atoms with Gasteiger partial charge in [0.25, 0.3) is 0 Å². The van der Waals surface area contributed by atoms with E-state index in [1.165, 1.54) is 0 Å². The lowest BCUT2D eigenvalue weighted by Crippen LogP contribution is -2.15. The van der Waals surface area contributed by atoms with E-state index in [9.17, 15) is 14.7 Å². The molecule has 1 aromatic carbocycles. The molecule has 0 fully saturated rings. The van der Waals surface area contributed by atoms with E-state index in [4.69, 9.17) is 5.11 Å². The molecule has 0 unspecified atom stereocenters. The van der Waals surface area contributed by atoms with Gasteiger partial charge in [0.2, 0.25) is 0 Å². The zero-order valence-corrected chi connectivity index (χ0v) is 11.2. The number of para-hydroxylation sites is 1. The van der Waals surface area contributed by atoms with E-state index < -0.39 is 24.3 Å². The third-order valence-electron chi connectivity index (χ3n) is 3.34. The van der Waals surface area contributed by atoms with Gasteiger partial charge in [-0.25, -0.2) is 0 Å². The first kappa shape index (κ1) is 14.1. The molecule has 2 aromatic rings. The summed E-state index contributed by atoms with van der Waals surface area (Å²) in [4.78, 5) is 22.3. The highest BCUT2D eigenvalue weighted by atomic mass is 16.4. The van der Waals surface area contributed by atoms with Crippen LogP contribution in [0.25, 0.3) is 10.9 Å². The molecule has 106 valence electrons. The number of carboxylic acid groups (broad SMARTS) is 2. The van der Waals surface area contributed by atoms with E-state index in [-0.39, 0.29) is 0 Å². The Morgan fingerprint density at radius 2 is 1.95 bits per heavy atom. The fourth-order valence-corrected chi connectivity index (χ4v) is 2.48. The lowest BCUT2D eigenvalue weighted by molar-refractivity contribution is -0.145. The average molecular weight is 275 g/mol. The Morgan fingerprint density at radius 3 is 2.55 bits per heavy atom. The maximum atomic E-state index is 11.4. The third-order valence-corrected chi connectivity index (χ3v) is 3.34. The molecule has 0 spiro atoms. The Bertz CT molecular complexity index is 644. The first-order valence-corrected chi connectivity index (χ1v) is 6.57. The zero-order chi connectivity index (χ0) is 14.7. The van der Waals surface area contributed by atoms with E-state index >= 15 is 0 Å². The molecule has 1 heterocycles. The van der Waals surface area contributed by atoms with Crippen LogP contribution in [0.1, 0.15) is 31.2 Å². The van der Waals surface area contributed by atoms with Crippen molar-refractivity contribution in [1.29, 1.82) is 0 Å². The fourth-order valence-electron chi connectivity index (χ4n) is 2.48. The van der Waals surface area contributed by atoms with Crippen molar-refractivity contribution in [3.63, 3.8) is 0 Å². The molecule has 2 N–H and O–H groups in total. The largest absolute Gasteiger partial charge is 0.481 e. The van der Waals surface area contributed by atoms with Crippen molar-refractivity contribution in [1.82, 2.24) is 4.57 Å². The summed E-state index contributed by atoms with van der Waals surface area (Å²) in [6.45, 7) is 2.82. The topological polar surface area (TPSA) is 79.5 Å². The standard InChI is InChI=1S/C15H17NO4/c1-2-7-16-9-12(10-5-3-4-6-13(10)16)11(15(19)20)8-14(17)18/h3-6,9,11H,2,7-8H2,1H3,(H,17,18)(H,19,20)/t11-/m0/s1. The van der Waals surface area contributed by atoms with Crippen LogP contribution in [0.5, 0.6) is 0 Å². The molecule has 0 aliphatic heterocycles. The molecule has 2 rings (SSSR count). The van der Waals surface area contributed by atoms with Crippen molar-refractivity contribution in [2.45, 2.75) is 32.2 Å². The van der Waals surface area contributed by atoms with E-state index in [0.29, 0.717) is 5.56 Å². The van der Waals surface area contributed by atoms with Crippen LogP contribution < -0.4 is 0 Å². The van der Waals surface area contributed by atoms with Crippen LogP contribution in [-0.2, 0) is 16.1 Å². The summed E-state index contributed by atoms with van der Waals surface area (Å²) in [5.41, 5.74) is 1.52. The maximum absolute atomic E-state index is 11.4. The van der Waals surface area contributed by atoms with Crippen molar-refractivity contribution in [3.8, 4) is 0 Å². The number of aryl methyl sites for hydroxylation is 1. The van der Waals surface area contributed by atoms with Gasteiger partial charge in [0.05, 0.1) is 12.3 Å². The van der Waals surface area contributed by atoms with Gasteiger partial charge in [-0.3, -0.25) is 9.59 Å².